The van der Waals surface area contributed by atoms with Crippen LogP contribution in [0.25, 0.3) is 0 Å². The molecule has 1 saturated heterocycles. The van der Waals surface area contributed by atoms with Gasteiger partial charge in [-0.1, -0.05) is 97.9 Å². The van der Waals surface area contributed by atoms with E-state index in [0.717, 1.165) is 36.0 Å². The lowest BCUT2D eigenvalue weighted by Gasteiger charge is -2.43. The molecule has 0 bridgehead atoms. The first kappa shape index (κ1) is 38.9. The molecule has 3 aromatic carbocycles. The van der Waals surface area contributed by atoms with Gasteiger partial charge in [-0.15, -0.1) is 11.3 Å². The first-order valence-corrected chi connectivity index (χ1v) is 19.0. The monoisotopic (exact) mass is 735 g/mol. The molecule has 4 N–H and O–H groups in total. The topological polar surface area (TPSA) is 153 Å². The Kier molecular flexibility index (Phi) is 13.9. The van der Waals surface area contributed by atoms with Gasteiger partial charge in [0.2, 0.25) is 23.5 Å². The first-order valence-electron chi connectivity index (χ1n) is 18.1. The van der Waals surface area contributed by atoms with Crippen LogP contribution < -0.4 is 11.1 Å². The molecule has 0 radical (unpaired) electrons. The van der Waals surface area contributed by atoms with Gasteiger partial charge in [0.05, 0.1) is 12.6 Å². The van der Waals surface area contributed by atoms with Crippen molar-refractivity contribution in [2.45, 2.75) is 57.0 Å². The fourth-order valence-electron chi connectivity index (χ4n) is 6.94. The van der Waals surface area contributed by atoms with E-state index >= 15 is 0 Å². The van der Waals surface area contributed by atoms with Crippen molar-refractivity contribution < 1.29 is 19.2 Å². The Hall–Kier alpha value is -5.36. The molecule has 0 aliphatic carbocycles. The summed E-state index contributed by atoms with van der Waals surface area (Å²) in [6.45, 7) is 2.49. The molecule has 1 aliphatic heterocycles. The van der Waals surface area contributed by atoms with Gasteiger partial charge in [0, 0.05) is 37.6 Å². The van der Waals surface area contributed by atoms with E-state index in [1.165, 1.54) is 16.2 Å². The standard InChI is InChI=1S/C41H49N7O4S/c1-29(14-12-23-46(2)41(42)43)26-33(38(51)39-44-22-25-53-39)45-34(49)27-48-35(50)28-47(24-13-17-30-15-6-3-7-16-30)40(52)37(48)36(31-18-8-4-9-19-31)32-20-10-5-11-21-32/h3-11,15-16,18-22,25,29,33,36-37H,12-14,17,23-24,26-28H2,1-2H3,(H3,42,43)(H,45,49)/t29-,33-,37+/m0/s1. The summed E-state index contributed by atoms with van der Waals surface area (Å²) >= 11 is 1.21. The van der Waals surface area contributed by atoms with Gasteiger partial charge in [-0.05, 0) is 54.7 Å². The molecule has 1 aromatic heterocycles. The highest BCUT2D eigenvalue weighted by molar-refractivity contribution is 7.11. The van der Waals surface area contributed by atoms with E-state index in [1.54, 1.807) is 28.4 Å². The summed E-state index contributed by atoms with van der Waals surface area (Å²) in [4.78, 5) is 65.4. The highest BCUT2D eigenvalue weighted by atomic mass is 32.1. The number of hydrogen-bond donors (Lipinski definition) is 3. The van der Waals surface area contributed by atoms with Gasteiger partial charge in [-0.25, -0.2) is 4.98 Å². The number of rotatable bonds is 18. The summed E-state index contributed by atoms with van der Waals surface area (Å²) in [7, 11) is 1.76. The van der Waals surface area contributed by atoms with Crippen LogP contribution in [-0.2, 0) is 20.8 Å². The third-order valence-corrected chi connectivity index (χ3v) is 10.6. The minimum Gasteiger partial charge on any atom is -0.370 e. The fraction of sp³-hybridized carbons (Fsp3) is 0.366. The number of amides is 3. The summed E-state index contributed by atoms with van der Waals surface area (Å²) in [6.07, 6.45) is 4.84. The van der Waals surface area contributed by atoms with Crippen molar-refractivity contribution >= 4 is 40.8 Å². The number of piperazine rings is 1. The maximum atomic E-state index is 14.6. The number of nitrogens with two attached hydrogens (primary N) is 1. The van der Waals surface area contributed by atoms with Crippen LogP contribution in [0.1, 0.15) is 65.0 Å². The van der Waals surface area contributed by atoms with Crippen LogP contribution in [0.15, 0.2) is 103 Å². The van der Waals surface area contributed by atoms with E-state index in [-0.39, 0.29) is 42.6 Å². The van der Waals surface area contributed by atoms with Crippen LogP contribution in [0.2, 0.25) is 0 Å². The second-order valence-corrected chi connectivity index (χ2v) is 14.6. The van der Waals surface area contributed by atoms with Crippen molar-refractivity contribution in [3.8, 4) is 0 Å². The minimum absolute atomic E-state index is 0.0112. The van der Waals surface area contributed by atoms with Crippen LogP contribution in [0, 0.1) is 11.3 Å². The highest BCUT2D eigenvalue weighted by Gasteiger charge is 2.45. The second-order valence-electron chi connectivity index (χ2n) is 13.7. The van der Waals surface area contributed by atoms with E-state index in [2.05, 4.69) is 10.3 Å². The van der Waals surface area contributed by atoms with Crippen molar-refractivity contribution in [2.75, 3.05) is 33.2 Å². The van der Waals surface area contributed by atoms with Crippen molar-refractivity contribution in [1.29, 1.82) is 5.41 Å². The third-order valence-electron chi connectivity index (χ3n) is 9.76. The molecule has 53 heavy (non-hydrogen) atoms. The Morgan fingerprint density at radius 1 is 0.981 bits per heavy atom. The number of aryl methyl sites for hydroxylation is 1. The lowest BCUT2D eigenvalue weighted by molar-refractivity contribution is -0.158. The Morgan fingerprint density at radius 2 is 1.60 bits per heavy atom. The number of nitrogens with one attached hydrogen (secondary N) is 2. The fourth-order valence-corrected chi connectivity index (χ4v) is 7.57. The summed E-state index contributed by atoms with van der Waals surface area (Å²) in [6, 6.07) is 27.4. The molecule has 1 aliphatic rings. The predicted molar refractivity (Wildman–Crippen MR) is 208 cm³/mol. The summed E-state index contributed by atoms with van der Waals surface area (Å²) in [5.41, 5.74) is 8.44. The number of carbonyl (C=O) groups excluding carboxylic acids is 4. The number of carbonyl (C=O) groups is 4. The van der Waals surface area contributed by atoms with E-state index in [4.69, 9.17) is 11.1 Å². The maximum Gasteiger partial charge on any atom is 0.246 e. The lowest BCUT2D eigenvalue weighted by atomic mass is 9.82. The molecular weight excluding hydrogens is 687 g/mol. The highest BCUT2D eigenvalue weighted by Crippen LogP contribution is 2.34. The molecule has 3 atom stereocenters. The average molecular weight is 736 g/mol. The van der Waals surface area contributed by atoms with Crippen molar-refractivity contribution in [3.05, 3.63) is 124 Å². The molecular formula is C41H49N7O4S. The van der Waals surface area contributed by atoms with E-state index < -0.39 is 23.9 Å². The zero-order valence-electron chi connectivity index (χ0n) is 30.4. The number of benzene rings is 3. The number of ketones is 1. The van der Waals surface area contributed by atoms with Gasteiger partial charge in [0.25, 0.3) is 0 Å². The zero-order valence-corrected chi connectivity index (χ0v) is 31.2. The number of aromatic nitrogens is 1. The van der Waals surface area contributed by atoms with Crippen molar-refractivity contribution in [3.63, 3.8) is 0 Å². The Balaban J connectivity index is 1.39. The minimum atomic E-state index is -0.992. The smallest absolute Gasteiger partial charge is 0.246 e. The van der Waals surface area contributed by atoms with Gasteiger partial charge in [0.1, 0.15) is 12.6 Å². The number of thiazole rings is 1. The van der Waals surface area contributed by atoms with Crippen molar-refractivity contribution in [1.82, 2.24) is 25.0 Å². The largest absolute Gasteiger partial charge is 0.370 e. The predicted octanol–water partition coefficient (Wildman–Crippen LogP) is 4.95. The van der Waals surface area contributed by atoms with Crippen LogP contribution in [0.4, 0.5) is 0 Å². The summed E-state index contributed by atoms with van der Waals surface area (Å²) < 4.78 is 0. The van der Waals surface area contributed by atoms with Crippen LogP contribution in [0.5, 0.6) is 0 Å². The number of nitrogens with zero attached hydrogens (tertiary/aromatic N) is 4. The molecule has 0 saturated carbocycles. The van der Waals surface area contributed by atoms with Gasteiger partial charge in [-0.2, -0.15) is 0 Å². The van der Waals surface area contributed by atoms with Crippen LogP contribution in [0.3, 0.4) is 0 Å². The van der Waals surface area contributed by atoms with Crippen LogP contribution >= 0.6 is 11.3 Å². The molecule has 12 heteroatoms. The Bertz CT molecular complexity index is 1770. The zero-order chi connectivity index (χ0) is 37.7. The average Bonchev–Trinajstić information content (AvgIpc) is 3.71. The summed E-state index contributed by atoms with van der Waals surface area (Å²) in [5.74, 6) is -1.88. The molecule has 2 heterocycles. The molecule has 0 spiro atoms. The molecule has 11 nitrogen and oxygen atoms in total. The number of guanidine groups is 1. The second kappa shape index (κ2) is 18.9. The number of hydrogen-bond acceptors (Lipinski definition) is 7. The van der Waals surface area contributed by atoms with Gasteiger partial charge < -0.3 is 25.8 Å². The molecule has 278 valence electrons. The van der Waals surface area contributed by atoms with Gasteiger partial charge in [0.15, 0.2) is 11.0 Å². The third kappa shape index (κ3) is 10.6. The van der Waals surface area contributed by atoms with E-state index in [1.807, 2.05) is 97.9 Å². The Labute approximate surface area is 315 Å². The molecule has 1 fully saturated rings. The van der Waals surface area contributed by atoms with E-state index in [0.29, 0.717) is 30.9 Å². The first-order chi connectivity index (χ1) is 25.6. The number of Topliss-reactive ketones (excluding diaryl/α,β-unsaturated/α-hetero) is 1. The molecule has 0 unspecified atom stereocenters. The van der Waals surface area contributed by atoms with Crippen LogP contribution in [-0.4, -0.2) is 94.5 Å². The van der Waals surface area contributed by atoms with Crippen molar-refractivity contribution in [2.24, 2.45) is 11.7 Å². The van der Waals surface area contributed by atoms with E-state index in [9.17, 15) is 19.2 Å². The normalized spacial score (nSPS) is 15.6. The van der Waals surface area contributed by atoms with Gasteiger partial charge in [-0.3, -0.25) is 24.6 Å². The molecule has 4 aromatic rings. The molecule has 3 amide bonds. The van der Waals surface area contributed by atoms with Gasteiger partial charge >= 0.3 is 0 Å². The Morgan fingerprint density at radius 3 is 2.19 bits per heavy atom. The maximum absolute atomic E-state index is 14.6. The quantitative estimate of drug-likeness (QED) is 0.0743. The SMILES string of the molecule is C[C@@H](CCCN(C)C(=N)N)C[C@H](NC(=O)CN1C(=O)CN(CCCc2ccccc2)C(=O)[C@H]1C(c1ccccc1)c1ccccc1)C(=O)c1nccs1. The summed E-state index contributed by atoms with van der Waals surface area (Å²) in [5, 5.41) is 12.6. The lowest BCUT2D eigenvalue weighted by Crippen LogP contribution is -2.63. The molecule has 5 rings (SSSR count).